The van der Waals surface area contributed by atoms with Crippen LogP contribution in [0.3, 0.4) is 0 Å². The van der Waals surface area contributed by atoms with Crippen molar-refractivity contribution in [3.63, 3.8) is 0 Å². The van der Waals surface area contributed by atoms with Gasteiger partial charge < -0.3 is 10.6 Å². The Morgan fingerprint density at radius 1 is 1.18 bits per heavy atom. The molecular formula is C14H16F3N5. The van der Waals surface area contributed by atoms with Crippen LogP contribution in [0.2, 0.25) is 0 Å². The van der Waals surface area contributed by atoms with Gasteiger partial charge in [-0.1, -0.05) is 6.92 Å². The van der Waals surface area contributed by atoms with Crippen molar-refractivity contribution >= 4 is 17.5 Å². The predicted molar refractivity (Wildman–Crippen MR) is 77.9 cm³/mol. The van der Waals surface area contributed by atoms with E-state index in [-0.39, 0.29) is 12.0 Å². The van der Waals surface area contributed by atoms with Crippen LogP contribution in [0.15, 0.2) is 30.5 Å². The summed E-state index contributed by atoms with van der Waals surface area (Å²) >= 11 is 0. The number of halogens is 3. The number of aromatic nitrogens is 3. The lowest BCUT2D eigenvalue weighted by Crippen LogP contribution is -2.15. The van der Waals surface area contributed by atoms with Crippen LogP contribution in [0, 0.1) is 0 Å². The number of nitrogens with zero attached hydrogens (tertiary/aromatic N) is 3. The molecule has 8 heteroatoms. The predicted octanol–water partition coefficient (Wildman–Crippen LogP) is 3.84. The van der Waals surface area contributed by atoms with E-state index in [1.54, 1.807) is 0 Å². The van der Waals surface area contributed by atoms with E-state index in [2.05, 4.69) is 25.8 Å². The first kappa shape index (κ1) is 16.0. The summed E-state index contributed by atoms with van der Waals surface area (Å²) in [7, 11) is 0. The fraction of sp³-hybridized carbons (Fsp3) is 0.357. The molecule has 1 unspecified atom stereocenters. The number of alkyl halides is 3. The van der Waals surface area contributed by atoms with Crippen molar-refractivity contribution in [3.05, 3.63) is 36.0 Å². The zero-order valence-electron chi connectivity index (χ0n) is 12.1. The minimum atomic E-state index is -4.35. The van der Waals surface area contributed by atoms with Crippen LogP contribution in [0.25, 0.3) is 0 Å². The van der Waals surface area contributed by atoms with Gasteiger partial charge in [0, 0.05) is 11.7 Å². The topological polar surface area (TPSA) is 62.7 Å². The standard InChI is InChI=1S/C14H16F3N5/c1-3-9(2)19-12-8-18-22-13(21-12)20-11-6-4-10(5-7-11)14(15,16)17/h4-9H,3H2,1-2H3,(H2,19,20,21,22). The molecule has 1 aromatic carbocycles. The van der Waals surface area contributed by atoms with Gasteiger partial charge in [-0.25, -0.2) is 0 Å². The third-order valence-electron chi connectivity index (χ3n) is 3.03. The Kier molecular flexibility index (Phi) is 4.79. The molecule has 118 valence electrons. The smallest absolute Gasteiger partial charge is 0.366 e. The molecule has 0 saturated carbocycles. The summed E-state index contributed by atoms with van der Waals surface area (Å²) in [6, 6.07) is 4.87. The average molecular weight is 311 g/mol. The highest BCUT2D eigenvalue weighted by Crippen LogP contribution is 2.30. The van der Waals surface area contributed by atoms with Gasteiger partial charge in [0.05, 0.1) is 11.8 Å². The highest BCUT2D eigenvalue weighted by Gasteiger charge is 2.29. The van der Waals surface area contributed by atoms with Crippen LogP contribution < -0.4 is 10.6 Å². The molecule has 0 aliphatic rings. The lowest BCUT2D eigenvalue weighted by molar-refractivity contribution is -0.137. The number of hydrogen-bond donors (Lipinski definition) is 2. The Bertz CT molecular complexity index is 613. The Morgan fingerprint density at radius 2 is 1.86 bits per heavy atom. The van der Waals surface area contributed by atoms with Gasteiger partial charge in [-0.3, -0.25) is 0 Å². The summed E-state index contributed by atoms with van der Waals surface area (Å²) < 4.78 is 37.5. The first-order chi connectivity index (χ1) is 10.4. The molecule has 0 aliphatic carbocycles. The van der Waals surface area contributed by atoms with Gasteiger partial charge in [-0.2, -0.15) is 23.3 Å². The first-order valence-corrected chi connectivity index (χ1v) is 6.79. The van der Waals surface area contributed by atoms with Gasteiger partial charge in [0.2, 0.25) is 5.95 Å². The Labute approximate surface area is 126 Å². The van der Waals surface area contributed by atoms with Gasteiger partial charge in [0.1, 0.15) is 0 Å². The summed E-state index contributed by atoms with van der Waals surface area (Å²) in [5.74, 6) is 0.770. The number of anilines is 3. The molecule has 0 saturated heterocycles. The maximum absolute atomic E-state index is 12.5. The van der Waals surface area contributed by atoms with Crippen LogP contribution in [0.1, 0.15) is 25.8 Å². The summed E-state index contributed by atoms with van der Waals surface area (Å²) in [5, 5.41) is 13.6. The molecule has 0 spiro atoms. The molecular weight excluding hydrogens is 295 g/mol. The van der Waals surface area contributed by atoms with Crippen LogP contribution in [0.4, 0.5) is 30.6 Å². The monoisotopic (exact) mass is 311 g/mol. The van der Waals surface area contributed by atoms with Crippen LogP contribution in [-0.4, -0.2) is 21.2 Å². The molecule has 5 nitrogen and oxygen atoms in total. The van der Waals surface area contributed by atoms with E-state index in [1.807, 2.05) is 13.8 Å². The molecule has 0 amide bonds. The van der Waals surface area contributed by atoms with Crippen molar-refractivity contribution in [1.82, 2.24) is 15.2 Å². The van der Waals surface area contributed by atoms with Crippen molar-refractivity contribution in [1.29, 1.82) is 0 Å². The Hall–Kier alpha value is -2.38. The average Bonchev–Trinajstić information content (AvgIpc) is 2.47. The third kappa shape index (κ3) is 4.31. The van der Waals surface area contributed by atoms with E-state index in [9.17, 15) is 13.2 Å². The van der Waals surface area contributed by atoms with E-state index in [4.69, 9.17) is 0 Å². The van der Waals surface area contributed by atoms with E-state index in [0.29, 0.717) is 11.5 Å². The SMILES string of the molecule is CCC(C)Nc1cnnc(Nc2ccc(C(F)(F)F)cc2)n1. The molecule has 1 heterocycles. The van der Waals surface area contributed by atoms with E-state index >= 15 is 0 Å². The molecule has 2 rings (SSSR count). The van der Waals surface area contributed by atoms with E-state index in [0.717, 1.165) is 18.6 Å². The highest BCUT2D eigenvalue weighted by molar-refractivity contribution is 5.54. The quantitative estimate of drug-likeness (QED) is 0.878. The molecule has 0 fully saturated rings. The first-order valence-electron chi connectivity index (χ1n) is 6.79. The van der Waals surface area contributed by atoms with Crippen molar-refractivity contribution in [3.8, 4) is 0 Å². The lowest BCUT2D eigenvalue weighted by atomic mass is 10.2. The minimum Gasteiger partial charge on any atom is -0.366 e. The lowest BCUT2D eigenvalue weighted by Gasteiger charge is -2.12. The largest absolute Gasteiger partial charge is 0.416 e. The van der Waals surface area contributed by atoms with Crippen molar-refractivity contribution in [2.24, 2.45) is 0 Å². The number of rotatable bonds is 5. The second-order valence-electron chi connectivity index (χ2n) is 4.82. The maximum Gasteiger partial charge on any atom is 0.416 e. The molecule has 2 N–H and O–H groups in total. The number of nitrogens with one attached hydrogen (secondary N) is 2. The van der Waals surface area contributed by atoms with Crippen LogP contribution in [0.5, 0.6) is 0 Å². The molecule has 1 atom stereocenters. The van der Waals surface area contributed by atoms with Gasteiger partial charge in [-0.15, -0.1) is 5.10 Å². The summed E-state index contributed by atoms with van der Waals surface area (Å²) in [6.45, 7) is 4.04. The van der Waals surface area contributed by atoms with E-state index < -0.39 is 11.7 Å². The molecule has 0 aliphatic heterocycles. The molecule has 0 bridgehead atoms. The fourth-order valence-electron chi connectivity index (χ4n) is 1.65. The zero-order valence-corrected chi connectivity index (χ0v) is 12.1. The van der Waals surface area contributed by atoms with Crippen molar-refractivity contribution in [2.75, 3.05) is 10.6 Å². The van der Waals surface area contributed by atoms with Gasteiger partial charge in [0.25, 0.3) is 0 Å². The Balaban J connectivity index is 2.09. The minimum absolute atomic E-state index is 0.216. The second-order valence-corrected chi connectivity index (χ2v) is 4.82. The third-order valence-corrected chi connectivity index (χ3v) is 3.03. The normalized spacial score (nSPS) is 12.8. The summed E-state index contributed by atoms with van der Waals surface area (Å²) in [4.78, 5) is 4.21. The van der Waals surface area contributed by atoms with E-state index in [1.165, 1.54) is 18.3 Å². The van der Waals surface area contributed by atoms with Crippen LogP contribution >= 0.6 is 0 Å². The zero-order chi connectivity index (χ0) is 16.2. The highest BCUT2D eigenvalue weighted by atomic mass is 19.4. The molecule has 2 aromatic rings. The molecule has 22 heavy (non-hydrogen) atoms. The van der Waals surface area contributed by atoms with Gasteiger partial charge in [-0.05, 0) is 37.6 Å². The van der Waals surface area contributed by atoms with Crippen LogP contribution in [-0.2, 0) is 6.18 Å². The summed E-state index contributed by atoms with van der Waals surface area (Å²) in [5.41, 5.74) is -0.250. The number of benzene rings is 1. The Morgan fingerprint density at radius 3 is 2.45 bits per heavy atom. The molecule has 1 aromatic heterocycles. The van der Waals surface area contributed by atoms with Crippen molar-refractivity contribution < 1.29 is 13.2 Å². The summed E-state index contributed by atoms with van der Waals surface area (Å²) in [6.07, 6.45) is -1.94. The second kappa shape index (κ2) is 6.59. The fourth-order valence-corrected chi connectivity index (χ4v) is 1.65. The van der Waals surface area contributed by atoms with Gasteiger partial charge >= 0.3 is 6.18 Å². The van der Waals surface area contributed by atoms with Crippen molar-refractivity contribution in [2.45, 2.75) is 32.5 Å². The number of hydrogen-bond acceptors (Lipinski definition) is 5. The van der Waals surface area contributed by atoms with Gasteiger partial charge in [0.15, 0.2) is 5.82 Å². The maximum atomic E-state index is 12.5. The molecule has 0 radical (unpaired) electrons.